The standard InChI is InChI=1S/C21H24N4O3.C2H6/c1-5-25(4)21(28)18(26)10-9-14-7-6-8-15(11-14)20-23-16(13(2)3)12-17(24-20)19(22)27;1-2/h6-8,11-13,18,26H,5H2,1-4H3,(H2,22,27);1-2H3. The number of nitrogens with two attached hydrogens (primary N) is 1. The van der Waals surface area contributed by atoms with Crippen LogP contribution in [0.15, 0.2) is 30.3 Å². The number of primary amides is 1. The molecule has 3 N–H and O–H groups in total. The zero-order chi connectivity index (χ0) is 22.8. The number of likely N-dealkylation sites (N-methyl/N-ethyl adjacent to an activating group) is 1. The lowest BCUT2D eigenvalue weighted by molar-refractivity contribution is -0.135. The van der Waals surface area contributed by atoms with Gasteiger partial charge in [-0.25, -0.2) is 9.97 Å². The summed E-state index contributed by atoms with van der Waals surface area (Å²) in [5, 5.41) is 9.92. The molecular weight excluding hydrogens is 380 g/mol. The molecule has 1 aromatic heterocycles. The Balaban J connectivity index is 0.00000218. The monoisotopic (exact) mass is 410 g/mol. The first-order valence-corrected chi connectivity index (χ1v) is 9.96. The first kappa shape index (κ1) is 24.8. The van der Waals surface area contributed by atoms with Crippen molar-refractivity contribution in [3.8, 4) is 23.2 Å². The number of aliphatic hydroxyl groups excluding tert-OH is 1. The molecule has 30 heavy (non-hydrogen) atoms. The van der Waals surface area contributed by atoms with Crippen molar-refractivity contribution in [3.63, 3.8) is 0 Å². The third-order valence-corrected chi connectivity index (χ3v) is 4.15. The summed E-state index contributed by atoms with van der Waals surface area (Å²) in [5.74, 6) is 4.73. The lowest BCUT2D eigenvalue weighted by Gasteiger charge is -2.15. The fourth-order valence-corrected chi connectivity index (χ4v) is 2.33. The molecule has 1 aromatic carbocycles. The van der Waals surface area contributed by atoms with Gasteiger partial charge in [-0.15, -0.1) is 0 Å². The van der Waals surface area contributed by atoms with E-state index < -0.39 is 17.9 Å². The zero-order valence-electron chi connectivity index (χ0n) is 18.4. The number of amides is 2. The number of hydrogen-bond acceptors (Lipinski definition) is 5. The number of nitrogens with zero attached hydrogens (tertiary/aromatic N) is 3. The number of rotatable bonds is 5. The Hall–Kier alpha value is -3.24. The van der Waals surface area contributed by atoms with Crippen LogP contribution in [-0.2, 0) is 4.79 Å². The Morgan fingerprint density at radius 2 is 1.87 bits per heavy atom. The van der Waals surface area contributed by atoms with Gasteiger partial charge in [0.05, 0.1) is 0 Å². The van der Waals surface area contributed by atoms with Crippen molar-refractivity contribution in [2.24, 2.45) is 5.73 Å². The first-order chi connectivity index (χ1) is 14.2. The van der Waals surface area contributed by atoms with E-state index in [1.165, 1.54) is 4.90 Å². The molecule has 0 saturated carbocycles. The Kier molecular flexibility index (Phi) is 9.66. The van der Waals surface area contributed by atoms with Crippen molar-refractivity contribution in [2.45, 2.75) is 46.6 Å². The van der Waals surface area contributed by atoms with Crippen molar-refractivity contribution < 1.29 is 14.7 Å². The minimum Gasteiger partial charge on any atom is -0.372 e. The summed E-state index contributed by atoms with van der Waals surface area (Å²) in [6.45, 7) is 10.2. The second kappa shape index (κ2) is 11.7. The van der Waals surface area contributed by atoms with Gasteiger partial charge < -0.3 is 15.7 Å². The molecule has 7 heteroatoms. The van der Waals surface area contributed by atoms with Gasteiger partial charge in [0.15, 0.2) is 11.9 Å². The van der Waals surface area contributed by atoms with Crippen LogP contribution in [0.3, 0.4) is 0 Å². The van der Waals surface area contributed by atoms with Crippen LogP contribution in [0.4, 0.5) is 0 Å². The van der Waals surface area contributed by atoms with E-state index in [0.29, 0.717) is 29.2 Å². The molecule has 2 amide bonds. The van der Waals surface area contributed by atoms with Gasteiger partial charge in [-0.05, 0) is 31.0 Å². The Morgan fingerprint density at radius 3 is 2.43 bits per heavy atom. The average Bonchev–Trinajstić information content (AvgIpc) is 2.77. The van der Waals surface area contributed by atoms with Crippen molar-refractivity contribution in [1.29, 1.82) is 0 Å². The van der Waals surface area contributed by atoms with Gasteiger partial charge in [-0.1, -0.05) is 51.7 Å². The van der Waals surface area contributed by atoms with Gasteiger partial charge in [-0.3, -0.25) is 9.59 Å². The van der Waals surface area contributed by atoms with Gasteiger partial charge in [0, 0.05) is 30.4 Å². The number of carbonyl (C=O) groups excluding carboxylic acids is 2. The first-order valence-electron chi connectivity index (χ1n) is 9.96. The predicted molar refractivity (Wildman–Crippen MR) is 118 cm³/mol. The molecule has 7 nitrogen and oxygen atoms in total. The number of aromatic nitrogens is 2. The minimum atomic E-state index is -1.39. The van der Waals surface area contributed by atoms with Crippen LogP contribution in [0.2, 0.25) is 0 Å². The molecule has 1 atom stereocenters. The molecule has 0 bridgehead atoms. The maximum Gasteiger partial charge on any atom is 0.267 e. The van der Waals surface area contributed by atoms with E-state index in [9.17, 15) is 14.7 Å². The van der Waals surface area contributed by atoms with Crippen LogP contribution in [0.25, 0.3) is 11.4 Å². The van der Waals surface area contributed by atoms with Crippen molar-refractivity contribution >= 4 is 11.8 Å². The van der Waals surface area contributed by atoms with E-state index in [-0.39, 0.29) is 11.6 Å². The predicted octanol–water partition coefficient (Wildman–Crippen LogP) is 2.58. The van der Waals surface area contributed by atoms with Crippen LogP contribution in [0.1, 0.15) is 62.3 Å². The third kappa shape index (κ3) is 6.68. The van der Waals surface area contributed by atoms with Crippen molar-refractivity contribution in [3.05, 3.63) is 47.3 Å². The summed E-state index contributed by atoms with van der Waals surface area (Å²) >= 11 is 0. The molecule has 2 rings (SSSR count). The quantitative estimate of drug-likeness (QED) is 0.736. The molecular formula is C23H30N4O3. The van der Waals surface area contributed by atoms with E-state index in [4.69, 9.17) is 5.73 Å². The lowest BCUT2D eigenvalue weighted by atomic mass is 10.1. The maximum atomic E-state index is 11.9. The Morgan fingerprint density at radius 1 is 1.20 bits per heavy atom. The van der Waals surface area contributed by atoms with Crippen LogP contribution >= 0.6 is 0 Å². The summed E-state index contributed by atoms with van der Waals surface area (Å²) in [5.41, 5.74) is 7.49. The number of carbonyl (C=O) groups is 2. The van der Waals surface area contributed by atoms with Gasteiger partial charge >= 0.3 is 0 Å². The maximum absolute atomic E-state index is 11.9. The highest BCUT2D eigenvalue weighted by molar-refractivity contribution is 5.91. The highest BCUT2D eigenvalue weighted by Crippen LogP contribution is 2.20. The summed E-state index contributed by atoms with van der Waals surface area (Å²) in [6.07, 6.45) is -1.39. The third-order valence-electron chi connectivity index (χ3n) is 4.15. The minimum absolute atomic E-state index is 0.0968. The van der Waals surface area contributed by atoms with Crippen molar-refractivity contribution in [2.75, 3.05) is 13.6 Å². The highest BCUT2D eigenvalue weighted by Gasteiger charge is 2.16. The van der Waals surface area contributed by atoms with Crippen molar-refractivity contribution in [1.82, 2.24) is 14.9 Å². The van der Waals surface area contributed by atoms with Gasteiger partial charge in [-0.2, -0.15) is 0 Å². The lowest BCUT2D eigenvalue weighted by Crippen LogP contribution is -2.35. The number of aliphatic hydroxyl groups is 1. The molecule has 0 aliphatic heterocycles. The van der Waals surface area contributed by atoms with Gasteiger partial charge in [0.25, 0.3) is 11.8 Å². The van der Waals surface area contributed by atoms with Gasteiger partial charge in [0.2, 0.25) is 0 Å². The molecule has 0 spiro atoms. The van der Waals surface area contributed by atoms with Gasteiger partial charge in [0.1, 0.15) is 5.69 Å². The summed E-state index contributed by atoms with van der Waals surface area (Å²) < 4.78 is 0. The molecule has 160 valence electrons. The normalized spacial score (nSPS) is 10.9. The van der Waals surface area contributed by atoms with Crippen LogP contribution in [0.5, 0.6) is 0 Å². The molecule has 0 radical (unpaired) electrons. The zero-order valence-corrected chi connectivity index (χ0v) is 18.4. The molecule has 0 saturated heterocycles. The van der Waals surface area contributed by atoms with E-state index in [1.807, 2.05) is 34.6 Å². The van der Waals surface area contributed by atoms with Crippen LogP contribution in [-0.4, -0.2) is 51.5 Å². The fraction of sp³-hybridized carbons (Fsp3) is 0.391. The topological polar surface area (TPSA) is 109 Å². The molecule has 0 aliphatic carbocycles. The van der Waals surface area contributed by atoms with E-state index >= 15 is 0 Å². The summed E-state index contributed by atoms with van der Waals surface area (Å²) in [7, 11) is 1.60. The molecule has 1 unspecified atom stereocenters. The SMILES string of the molecule is CC.CCN(C)C(=O)C(O)C#Cc1cccc(-c2nc(C(N)=O)cc(C(C)C)n2)c1. The average molecular weight is 411 g/mol. The largest absolute Gasteiger partial charge is 0.372 e. The molecule has 0 aliphatic rings. The van der Waals surface area contributed by atoms with Crippen LogP contribution < -0.4 is 5.73 Å². The van der Waals surface area contributed by atoms with Crippen LogP contribution in [0, 0.1) is 11.8 Å². The summed E-state index contributed by atoms with van der Waals surface area (Å²) in [4.78, 5) is 33.6. The molecule has 1 heterocycles. The number of benzene rings is 1. The molecule has 2 aromatic rings. The second-order valence-corrected chi connectivity index (χ2v) is 6.63. The van der Waals surface area contributed by atoms with E-state index in [1.54, 1.807) is 37.4 Å². The Labute approximate surface area is 178 Å². The summed E-state index contributed by atoms with van der Waals surface area (Å²) in [6, 6.07) is 8.63. The highest BCUT2D eigenvalue weighted by atomic mass is 16.3. The van der Waals surface area contributed by atoms with E-state index in [0.717, 1.165) is 0 Å². The smallest absolute Gasteiger partial charge is 0.267 e. The number of hydrogen-bond donors (Lipinski definition) is 2. The fourth-order valence-electron chi connectivity index (χ4n) is 2.33. The van der Waals surface area contributed by atoms with E-state index in [2.05, 4.69) is 21.8 Å². The Bertz CT molecular complexity index is 945. The molecule has 0 fully saturated rings. The second-order valence-electron chi connectivity index (χ2n) is 6.63.